The molecule has 106 valence electrons. The first kappa shape index (κ1) is 14.2. The van der Waals surface area contributed by atoms with E-state index in [4.69, 9.17) is 14.2 Å². The van der Waals surface area contributed by atoms with Crippen LogP contribution in [0.4, 0.5) is 0 Å². The third kappa shape index (κ3) is 2.55. The highest BCUT2D eigenvalue weighted by Gasteiger charge is 2.42. The summed E-state index contributed by atoms with van der Waals surface area (Å²) in [4.78, 5) is 0. The molecule has 0 radical (unpaired) electrons. The Hall–Kier alpha value is -1.26. The molecule has 1 saturated heterocycles. The van der Waals surface area contributed by atoms with Gasteiger partial charge in [-0.3, -0.25) is 0 Å². The molecule has 0 amide bonds. The topological polar surface area (TPSA) is 39.7 Å². The van der Waals surface area contributed by atoms with Crippen molar-refractivity contribution in [2.75, 3.05) is 40.5 Å². The molecule has 1 aliphatic rings. The summed E-state index contributed by atoms with van der Waals surface area (Å²) >= 11 is 0. The van der Waals surface area contributed by atoms with Crippen molar-refractivity contribution in [1.29, 1.82) is 0 Å². The van der Waals surface area contributed by atoms with Gasteiger partial charge in [-0.05, 0) is 31.2 Å². The third-order valence-electron chi connectivity index (χ3n) is 3.76. The fourth-order valence-corrected chi connectivity index (χ4v) is 2.53. The van der Waals surface area contributed by atoms with Crippen LogP contribution in [-0.2, 0) is 10.2 Å². The Bertz CT molecular complexity index is 441. The summed E-state index contributed by atoms with van der Waals surface area (Å²) in [5.74, 6) is 1.82. The van der Waals surface area contributed by atoms with Crippen LogP contribution in [0.1, 0.15) is 18.1 Å². The first-order valence-electron chi connectivity index (χ1n) is 6.68. The van der Waals surface area contributed by atoms with E-state index in [-0.39, 0.29) is 5.41 Å². The molecule has 1 N–H and O–H groups in total. The minimum absolute atomic E-state index is 0.00231. The van der Waals surface area contributed by atoms with E-state index in [2.05, 4.69) is 18.3 Å². The van der Waals surface area contributed by atoms with Crippen LogP contribution < -0.4 is 14.8 Å². The average molecular weight is 265 g/mol. The van der Waals surface area contributed by atoms with Gasteiger partial charge in [0.25, 0.3) is 0 Å². The summed E-state index contributed by atoms with van der Waals surface area (Å²) < 4.78 is 16.4. The molecule has 0 atom stereocenters. The first-order valence-corrected chi connectivity index (χ1v) is 6.68. The van der Waals surface area contributed by atoms with Gasteiger partial charge in [-0.15, -0.1) is 0 Å². The van der Waals surface area contributed by atoms with Gasteiger partial charge >= 0.3 is 0 Å². The van der Waals surface area contributed by atoms with Gasteiger partial charge in [0.15, 0.2) is 0 Å². The molecule has 1 aromatic carbocycles. The van der Waals surface area contributed by atoms with Crippen molar-refractivity contribution in [3.05, 3.63) is 23.3 Å². The van der Waals surface area contributed by atoms with Gasteiger partial charge in [-0.2, -0.15) is 0 Å². The number of likely N-dealkylation sites (N-methyl/N-ethyl adjacent to an activating group) is 1. The molecule has 0 saturated carbocycles. The molecular weight excluding hydrogens is 242 g/mol. The molecule has 1 fully saturated rings. The third-order valence-corrected chi connectivity index (χ3v) is 3.76. The van der Waals surface area contributed by atoms with E-state index in [9.17, 15) is 0 Å². The fourth-order valence-electron chi connectivity index (χ4n) is 2.53. The lowest BCUT2D eigenvalue weighted by Gasteiger charge is -2.43. The molecule has 1 aromatic rings. The molecule has 1 heterocycles. The minimum atomic E-state index is 0.00231. The molecule has 0 spiro atoms. The highest BCUT2D eigenvalue weighted by molar-refractivity contribution is 5.50. The van der Waals surface area contributed by atoms with Crippen LogP contribution in [0.15, 0.2) is 12.1 Å². The van der Waals surface area contributed by atoms with E-state index < -0.39 is 0 Å². The number of hydrogen-bond acceptors (Lipinski definition) is 4. The van der Waals surface area contributed by atoms with Crippen molar-refractivity contribution in [1.82, 2.24) is 5.32 Å². The van der Waals surface area contributed by atoms with Crippen LogP contribution in [0.3, 0.4) is 0 Å². The zero-order valence-corrected chi connectivity index (χ0v) is 12.2. The Morgan fingerprint density at radius 3 is 2.37 bits per heavy atom. The number of rotatable bonds is 6. The second kappa shape index (κ2) is 5.80. The van der Waals surface area contributed by atoms with Crippen molar-refractivity contribution in [2.24, 2.45) is 0 Å². The van der Waals surface area contributed by atoms with Crippen LogP contribution in [-0.4, -0.2) is 40.5 Å². The summed E-state index contributed by atoms with van der Waals surface area (Å²) in [5, 5.41) is 3.42. The van der Waals surface area contributed by atoms with Crippen LogP contribution in [0, 0.1) is 6.92 Å². The monoisotopic (exact) mass is 265 g/mol. The molecule has 0 aromatic heterocycles. The van der Waals surface area contributed by atoms with Gasteiger partial charge in [0.05, 0.1) is 32.8 Å². The fraction of sp³-hybridized carbons (Fsp3) is 0.600. The average Bonchev–Trinajstić information content (AvgIpc) is 2.38. The van der Waals surface area contributed by atoms with Crippen molar-refractivity contribution in [3.63, 3.8) is 0 Å². The van der Waals surface area contributed by atoms with Gasteiger partial charge in [0, 0.05) is 12.1 Å². The van der Waals surface area contributed by atoms with E-state index in [1.165, 1.54) is 5.56 Å². The smallest absolute Gasteiger partial charge is 0.123 e. The van der Waals surface area contributed by atoms with E-state index in [1.807, 2.05) is 13.0 Å². The molecule has 4 nitrogen and oxygen atoms in total. The number of nitrogens with one attached hydrogen (secondary N) is 1. The van der Waals surface area contributed by atoms with E-state index in [1.54, 1.807) is 14.2 Å². The van der Waals surface area contributed by atoms with Gasteiger partial charge in [-0.1, -0.05) is 6.92 Å². The minimum Gasteiger partial charge on any atom is -0.496 e. The van der Waals surface area contributed by atoms with Crippen molar-refractivity contribution in [3.8, 4) is 11.5 Å². The van der Waals surface area contributed by atoms with E-state index in [0.717, 1.165) is 43.4 Å². The molecule has 2 rings (SSSR count). The molecule has 0 aliphatic carbocycles. The van der Waals surface area contributed by atoms with Gasteiger partial charge < -0.3 is 19.5 Å². The lowest BCUT2D eigenvalue weighted by molar-refractivity contribution is -0.0597. The van der Waals surface area contributed by atoms with Crippen LogP contribution >= 0.6 is 0 Å². The first-order chi connectivity index (χ1) is 9.16. The number of methoxy groups -OCH3 is 2. The Morgan fingerprint density at radius 1 is 1.21 bits per heavy atom. The summed E-state index contributed by atoms with van der Waals surface area (Å²) in [7, 11) is 3.41. The highest BCUT2D eigenvalue weighted by Crippen LogP contribution is 2.40. The SMILES string of the molecule is CCNCC1(c2cc(OC)c(C)cc2OC)COC1. The standard InChI is InChI=1S/C15H23NO3/c1-5-16-8-15(9-19-10-15)12-7-13(17-3)11(2)6-14(12)18-4/h6-7,16H,5,8-10H2,1-4H3. The zero-order valence-electron chi connectivity index (χ0n) is 12.2. The van der Waals surface area contributed by atoms with Crippen molar-refractivity contribution < 1.29 is 14.2 Å². The maximum absolute atomic E-state index is 5.55. The molecule has 4 heteroatoms. The van der Waals surface area contributed by atoms with Gasteiger partial charge in [0.2, 0.25) is 0 Å². The maximum atomic E-state index is 5.55. The predicted octanol–water partition coefficient (Wildman–Crippen LogP) is 1.89. The Labute approximate surface area is 115 Å². The largest absolute Gasteiger partial charge is 0.496 e. The lowest BCUT2D eigenvalue weighted by Crippen LogP contribution is -2.53. The quantitative estimate of drug-likeness (QED) is 0.852. The van der Waals surface area contributed by atoms with Crippen LogP contribution in [0.2, 0.25) is 0 Å². The second-order valence-electron chi connectivity index (χ2n) is 5.08. The molecule has 0 unspecified atom stereocenters. The van der Waals surface area contributed by atoms with Crippen molar-refractivity contribution >= 4 is 0 Å². The zero-order chi connectivity index (χ0) is 13.9. The normalized spacial score (nSPS) is 16.8. The number of aryl methyl sites for hydroxylation is 1. The van der Waals surface area contributed by atoms with E-state index in [0.29, 0.717) is 0 Å². The number of ether oxygens (including phenoxy) is 3. The Morgan fingerprint density at radius 2 is 1.89 bits per heavy atom. The van der Waals surface area contributed by atoms with Crippen LogP contribution in [0.5, 0.6) is 11.5 Å². The maximum Gasteiger partial charge on any atom is 0.123 e. The molecule has 0 bridgehead atoms. The molecule has 1 aliphatic heterocycles. The summed E-state index contributed by atoms with van der Waals surface area (Å²) in [6, 6.07) is 4.13. The van der Waals surface area contributed by atoms with Crippen LogP contribution in [0.25, 0.3) is 0 Å². The van der Waals surface area contributed by atoms with Crippen molar-refractivity contribution in [2.45, 2.75) is 19.3 Å². The molecule has 19 heavy (non-hydrogen) atoms. The number of hydrogen-bond donors (Lipinski definition) is 1. The number of benzene rings is 1. The van der Waals surface area contributed by atoms with Gasteiger partial charge in [0.1, 0.15) is 11.5 Å². The lowest BCUT2D eigenvalue weighted by atomic mass is 9.77. The predicted molar refractivity (Wildman–Crippen MR) is 75.3 cm³/mol. The summed E-state index contributed by atoms with van der Waals surface area (Å²) in [6.07, 6.45) is 0. The highest BCUT2D eigenvalue weighted by atomic mass is 16.5. The Balaban J connectivity index is 2.40. The molecular formula is C15H23NO3. The Kier molecular flexibility index (Phi) is 4.32. The second-order valence-corrected chi connectivity index (χ2v) is 5.08. The summed E-state index contributed by atoms with van der Waals surface area (Å²) in [5.41, 5.74) is 2.26. The summed E-state index contributed by atoms with van der Waals surface area (Å²) in [6.45, 7) is 7.43. The van der Waals surface area contributed by atoms with E-state index >= 15 is 0 Å². The van der Waals surface area contributed by atoms with Gasteiger partial charge in [-0.25, -0.2) is 0 Å².